The second-order valence-electron chi connectivity index (χ2n) is 5.53. The van der Waals surface area contributed by atoms with Crippen LogP contribution >= 0.6 is 11.8 Å². The summed E-state index contributed by atoms with van der Waals surface area (Å²) < 4.78 is 4.77. The molecule has 8 heteroatoms. The number of aryl methyl sites for hydroxylation is 1. The Bertz CT molecular complexity index is 792. The molecule has 7 nitrogen and oxygen atoms in total. The number of thioether (sulfide) groups is 1. The van der Waals surface area contributed by atoms with Gasteiger partial charge in [-0.25, -0.2) is 4.79 Å². The van der Waals surface area contributed by atoms with Crippen molar-refractivity contribution >= 4 is 35.4 Å². The van der Waals surface area contributed by atoms with E-state index in [1.54, 1.807) is 19.1 Å². The normalized spacial score (nSPS) is 10.0. The van der Waals surface area contributed by atoms with E-state index in [9.17, 15) is 14.4 Å². The first-order chi connectivity index (χ1) is 13.0. The Hall–Kier alpha value is -3.00. The number of benzene rings is 2. The van der Waals surface area contributed by atoms with Gasteiger partial charge in [-0.15, -0.1) is 11.8 Å². The lowest BCUT2D eigenvalue weighted by Crippen LogP contribution is -2.42. The first kappa shape index (κ1) is 20.3. The van der Waals surface area contributed by atoms with Gasteiger partial charge in [-0.2, -0.15) is 0 Å². The van der Waals surface area contributed by atoms with E-state index in [2.05, 4.69) is 16.2 Å². The van der Waals surface area contributed by atoms with Gasteiger partial charge < -0.3 is 4.74 Å². The molecule has 0 aromatic heterocycles. The van der Waals surface area contributed by atoms with Crippen LogP contribution in [0.2, 0.25) is 0 Å². The van der Waals surface area contributed by atoms with Gasteiger partial charge in [0, 0.05) is 16.1 Å². The van der Waals surface area contributed by atoms with E-state index in [0.29, 0.717) is 11.3 Å². The van der Waals surface area contributed by atoms with Crippen molar-refractivity contribution in [2.75, 3.05) is 17.7 Å². The number of anilines is 1. The van der Waals surface area contributed by atoms with E-state index >= 15 is 0 Å². The van der Waals surface area contributed by atoms with Gasteiger partial charge in [0.1, 0.15) is 0 Å². The van der Waals surface area contributed by atoms with Crippen LogP contribution in [0.3, 0.4) is 0 Å². The maximum Gasteiger partial charge on any atom is 0.411 e. The third-order valence-corrected chi connectivity index (χ3v) is 4.39. The van der Waals surface area contributed by atoms with Crippen LogP contribution in [0, 0.1) is 6.92 Å². The average molecular weight is 387 g/mol. The van der Waals surface area contributed by atoms with Crippen LogP contribution in [-0.4, -0.2) is 30.3 Å². The van der Waals surface area contributed by atoms with E-state index in [0.717, 1.165) is 10.5 Å². The third-order valence-electron chi connectivity index (χ3n) is 3.38. The van der Waals surface area contributed by atoms with Crippen LogP contribution in [0.15, 0.2) is 53.4 Å². The molecule has 27 heavy (non-hydrogen) atoms. The highest BCUT2D eigenvalue weighted by molar-refractivity contribution is 8.00. The van der Waals surface area contributed by atoms with Gasteiger partial charge in [0.05, 0.1) is 12.4 Å². The van der Waals surface area contributed by atoms with Crippen LogP contribution < -0.4 is 16.2 Å². The van der Waals surface area contributed by atoms with E-state index < -0.39 is 12.0 Å². The summed E-state index contributed by atoms with van der Waals surface area (Å²) in [6.45, 7) is 3.98. The van der Waals surface area contributed by atoms with Crippen molar-refractivity contribution < 1.29 is 19.1 Å². The molecule has 2 aromatic rings. The molecule has 0 unspecified atom stereocenters. The molecule has 3 N–H and O–H groups in total. The quantitative estimate of drug-likeness (QED) is 0.523. The smallest absolute Gasteiger partial charge is 0.411 e. The molecular formula is C19H21N3O4S. The zero-order chi connectivity index (χ0) is 19.6. The van der Waals surface area contributed by atoms with Crippen molar-refractivity contribution in [1.82, 2.24) is 10.9 Å². The Morgan fingerprint density at radius 2 is 1.63 bits per heavy atom. The van der Waals surface area contributed by atoms with Crippen LogP contribution in [0.4, 0.5) is 10.5 Å². The van der Waals surface area contributed by atoms with Gasteiger partial charge >= 0.3 is 6.09 Å². The average Bonchev–Trinajstić information content (AvgIpc) is 2.66. The first-order valence-electron chi connectivity index (χ1n) is 8.30. The molecule has 0 atom stereocenters. The van der Waals surface area contributed by atoms with E-state index in [4.69, 9.17) is 4.74 Å². The summed E-state index contributed by atoms with van der Waals surface area (Å²) in [7, 11) is 0. The number of carbonyl (C=O) groups excluding carboxylic acids is 3. The second-order valence-corrected chi connectivity index (χ2v) is 6.58. The third kappa shape index (κ3) is 7.02. The van der Waals surface area contributed by atoms with Crippen molar-refractivity contribution in [3.05, 3.63) is 59.7 Å². The summed E-state index contributed by atoms with van der Waals surface area (Å²) >= 11 is 1.38. The molecule has 0 heterocycles. The topological polar surface area (TPSA) is 96.5 Å². The molecule has 142 valence electrons. The van der Waals surface area contributed by atoms with Gasteiger partial charge in [0.15, 0.2) is 0 Å². The lowest BCUT2D eigenvalue weighted by molar-refractivity contribution is -0.119. The summed E-state index contributed by atoms with van der Waals surface area (Å²) in [6, 6.07) is 14.0. The molecule has 2 rings (SSSR count). The molecule has 0 aliphatic heterocycles. The van der Waals surface area contributed by atoms with E-state index in [1.165, 1.54) is 23.9 Å². The van der Waals surface area contributed by atoms with Gasteiger partial charge in [-0.1, -0.05) is 17.7 Å². The Morgan fingerprint density at radius 1 is 0.963 bits per heavy atom. The number of rotatable bonds is 6. The fraction of sp³-hybridized carbons (Fsp3) is 0.211. The zero-order valence-corrected chi connectivity index (χ0v) is 15.9. The van der Waals surface area contributed by atoms with Crippen molar-refractivity contribution in [2.45, 2.75) is 18.7 Å². The molecule has 0 spiro atoms. The van der Waals surface area contributed by atoms with Gasteiger partial charge in [-0.05, 0) is 50.2 Å². The highest BCUT2D eigenvalue weighted by Gasteiger charge is 2.09. The molecule has 0 aliphatic carbocycles. The van der Waals surface area contributed by atoms with Crippen molar-refractivity contribution in [3.63, 3.8) is 0 Å². The molecule has 0 bridgehead atoms. The Balaban J connectivity index is 1.76. The zero-order valence-electron chi connectivity index (χ0n) is 15.1. The summed E-state index contributed by atoms with van der Waals surface area (Å²) in [5.74, 6) is -0.577. The number of amides is 3. The standard InChI is InChI=1S/C19H21N3O4S/c1-3-26-19(25)20-15-8-6-14(7-9-15)18(24)22-21-17(23)12-27-16-10-4-13(2)5-11-16/h4-11H,3,12H2,1-2H3,(H,20,25)(H,21,23)(H,22,24). The predicted octanol–water partition coefficient (Wildman–Crippen LogP) is 3.12. The summed E-state index contributed by atoms with van der Waals surface area (Å²) in [6.07, 6.45) is -0.562. The van der Waals surface area contributed by atoms with Crippen molar-refractivity contribution in [2.24, 2.45) is 0 Å². The van der Waals surface area contributed by atoms with Gasteiger partial charge in [0.25, 0.3) is 5.91 Å². The van der Waals surface area contributed by atoms with Crippen LogP contribution in [0.25, 0.3) is 0 Å². The molecule has 3 amide bonds. The molecule has 0 radical (unpaired) electrons. The number of hydrogen-bond acceptors (Lipinski definition) is 5. The fourth-order valence-corrected chi connectivity index (χ4v) is 2.71. The lowest BCUT2D eigenvalue weighted by atomic mass is 10.2. The minimum absolute atomic E-state index is 0.186. The minimum atomic E-state index is -0.562. The predicted molar refractivity (Wildman–Crippen MR) is 105 cm³/mol. The van der Waals surface area contributed by atoms with Gasteiger partial charge in [0.2, 0.25) is 5.91 Å². The van der Waals surface area contributed by atoms with Crippen LogP contribution in [0.5, 0.6) is 0 Å². The molecule has 0 saturated heterocycles. The highest BCUT2D eigenvalue weighted by Crippen LogP contribution is 2.17. The van der Waals surface area contributed by atoms with E-state index in [1.807, 2.05) is 31.2 Å². The lowest BCUT2D eigenvalue weighted by Gasteiger charge is -2.09. The van der Waals surface area contributed by atoms with Crippen LogP contribution in [0.1, 0.15) is 22.8 Å². The number of carbonyl (C=O) groups is 3. The highest BCUT2D eigenvalue weighted by atomic mass is 32.2. The number of hydrazine groups is 1. The van der Waals surface area contributed by atoms with Gasteiger partial charge in [-0.3, -0.25) is 25.8 Å². The monoisotopic (exact) mass is 387 g/mol. The number of nitrogens with one attached hydrogen (secondary N) is 3. The Labute approximate surface area is 161 Å². The first-order valence-corrected chi connectivity index (χ1v) is 9.29. The molecular weight excluding hydrogens is 366 g/mol. The fourth-order valence-electron chi connectivity index (χ4n) is 2.01. The maximum absolute atomic E-state index is 12.1. The minimum Gasteiger partial charge on any atom is -0.450 e. The summed E-state index contributed by atoms with van der Waals surface area (Å²) in [4.78, 5) is 36.2. The van der Waals surface area contributed by atoms with Crippen molar-refractivity contribution in [1.29, 1.82) is 0 Å². The molecule has 0 saturated carbocycles. The largest absolute Gasteiger partial charge is 0.450 e. The van der Waals surface area contributed by atoms with E-state index in [-0.39, 0.29) is 18.3 Å². The Morgan fingerprint density at radius 3 is 2.26 bits per heavy atom. The SMILES string of the molecule is CCOC(=O)Nc1ccc(C(=O)NNC(=O)CSc2ccc(C)cc2)cc1. The Kier molecular flexibility index (Phi) is 7.69. The molecule has 2 aromatic carbocycles. The van der Waals surface area contributed by atoms with Crippen LogP contribution in [-0.2, 0) is 9.53 Å². The molecule has 0 fully saturated rings. The summed E-state index contributed by atoms with van der Waals surface area (Å²) in [5.41, 5.74) is 6.74. The maximum atomic E-state index is 12.1. The van der Waals surface area contributed by atoms with Crippen molar-refractivity contribution in [3.8, 4) is 0 Å². The summed E-state index contributed by atoms with van der Waals surface area (Å²) in [5, 5.41) is 2.53. The number of hydrogen-bond donors (Lipinski definition) is 3. The molecule has 0 aliphatic rings. The second kappa shape index (κ2) is 10.2. The number of ether oxygens (including phenoxy) is 1.